The maximum Gasteiger partial charge on any atom is 0.252 e. The normalized spacial score (nSPS) is 18.9. The first-order valence-electron chi connectivity index (χ1n) is 28.6. The molecule has 4 heterocycles. The minimum absolute atomic E-state index is 0.0115. The zero-order valence-corrected chi connectivity index (χ0v) is 49.0. The van der Waals surface area contributed by atoms with Gasteiger partial charge >= 0.3 is 0 Å². The molecule has 0 saturated heterocycles. The molecule has 2 atom stereocenters. The van der Waals surface area contributed by atoms with Gasteiger partial charge in [0.15, 0.2) is 0 Å². The number of hydrogen-bond donors (Lipinski definition) is 0. The highest BCUT2D eigenvalue weighted by Gasteiger charge is 2.62. The molecule has 4 aliphatic rings. The molecule has 1 aliphatic carbocycles. The van der Waals surface area contributed by atoms with Crippen molar-refractivity contribution in [3.63, 3.8) is 0 Å². The van der Waals surface area contributed by atoms with Crippen LogP contribution in [-0.4, -0.2) is 12.3 Å². The van der Waals surface area contributed by atoms with E-state index in [0.29, 0.717) is 0 Å². The first-order chi connectivity index (χ1) is 36.5. The highest BCUT2D eigenvalue weighted by molar-refractivity contribution is 7.26. The highest BCUT2D eigenvalue weighted by atomic mass is 32.1. The number of anilines is 8. The lowest BCUT2D eigenvalue weighted by Gasteiger charge is -2.53. The first-order valence-corrected chi connectivity index (χ1v) is 29.4. The third kappa shape index (κ3) is 7.56. The van der Waals surface area contributed by atoms with Crippen molar-refractivity contribution in [2.24, 2.45) is 0 Å². The molecule has 9 aromatic rings. The van der Waals surface area contributed by atoms with E-state index in [1.54, 1.807) is 5.56 Å². The summed E-state index contributed by atoms with van der Waals surface area (Å²) in [6.45, 7) is 33.5. The van der Waals surface area contributed by atoms with E-state index in [9.17, 15) is 0 Å². The molecule has 3 aliphatic heterocycles. The lowest BCUT2D eigenvalue weighted by molar-refractivity contribution is 0.195. The van der Waals surface area contributed by atoms with Crippen LogP contribution in [-0.2, 0) is 27.1 Å². The standard InChI is InChI=1S/C72H76BN3S/c1-67(2,3)46-26-31-50(32-27-46)74(51-33-28-47(29-34-51)68(4,5)6)52-43-59-64-60(44-52)76-65-55(71(13)38-20-21-39-72(71,76)14)41-49(70(10,11)12)42-57(65)73(64)56-35-37-62-63(53-24-18-19-25-61(53)77-62)66(56)75(59)58-36-30-48(69(7,8)9)40-54(58)45-22-16-15-17-23-45/h15-19,22-37,40-44H,20-21,38-39H2,1-14H3. The summed E-state index contributed by atoms with van der Waals surface area (Å²) in [4.78, 5) is 8.25. The Morgan fingerprint density at radius 1 is 0.481 bits per heavy atom. The Balaban J connectivity index is 1.22. The fourth-order valence-corrected chi connectivity index (χ4v) is 15.3. The molecular formula is C72H76BN3S. The number of thiophene rings is 1. The molecule has 5 heteroatoms. The maximum absolute atomic E-state index is 2.92. The Morgan fingerprint density at radius 3 is 1.70 bits per heavy atom. The molecule has 0 spiro atoms. The van der Waals surface area contributed by atoms with Crippen LogP contribution in [0, 0.1) is 0 Å². The van der Waals surface area contributed by atoms with Crippen molar-refractivity contribution in [1.29, 1.82) is 0 Å². The van der Waals surface area contributed by atoms with Gasteiger partial charge in [-0.05, 0) is 152 Å². The molecule has 0 radical (unpaired) electrons. The van der Waals surface area contributed by atoms with Crippen LogP contribution in [0.25, 0.3) is 31.3 Å². The van der Waals surface area contributed by atoms with Gasteiger partial charge in [-0.1, -0.05) is 200 Å². The molecule has 1 aromatic heterocycles. The highest BCUT2D eigenvalue weighted by Crippen LogP contribution is 2.63. The van der Waals surface area contributed by atoms with Gasteiger partial charge in [-0.3, -0.25) is 0 Å². The van der Waals surface area contributed by atoms with Crippen LogP contribution in [0.5, 0.6) is 0 Å². The van der Waals surface area contributed by atoms with Gasteiger partial charge in [0.1, 0.15) is 0 Å². The van der Waals surface area contributed by atoms with Crippen molar-refractivity contribution in [3.8, 4) is 11.1 Å². The predicted octanol–water partition coefficient (Wildman–Crippen LogP) is 18.7. The molecular weight excluding hydrogens is 950 g/mol. The van der Waals surface area contributed by atoms with Crippen LogP contribution in [0.15, 0.2) is 158 Å². The number of fused-ring (bicyclic) bond motifs is 11. The maximum atomic E-state index is 2.92. The van der Waals surface area contributed by atoms with Crippen LogP contribution < -0.4 is 31.1 Å². The van der Waals surface area contributed by atoms with Crippen molar-refractivity contribution in [1.82, 2.24) is 0 Å². The van der Waals surface area contributed by atoms with Gasteiger partial charge in [0.05, 0.1) is 22.6 Å². The monoisotopic (exact) mass is 1030 g/mol. The van der Waals surface area contributed by atoms with Gasteiger partial charge in [-0.2, -0.15) is 0 Å². The van der Waals surface area contributed by atoms with E-state index in [0.717, 1.165) is 23.5 Å². The van der Waals surface area contributed by atoms with Gasteiger partial charge in [-0.15, -0.1) is 11.3 Å². The van der Waals surface area contributed by atoms with E-state index >= 15 is 0 Å². The smallest absolute Gasteiger partial charge is 0.252 e. The molecule has 8 aromatic carbocycles. The lowest BCUT2D eigenvalue weighted by atomic mass is 9.33. The van der Waals surface area contributed by atoms with E-state index in [-0.39, 0.29) is 39.3 Å². The van der Waals surface area contributed by atoms with E-state index in [2.05, 4.69) is 269 Å². The Labute approximate surface area is 464 Å². The fourth-order valence-electron chi connectivity index (χ4n) is 14.1. The molecule has 3 nitrogen and oxygen atoms in total. The summed E-state index contributed by atoms with van der Waals surface area (Å²) in [7, 11) is 0. The third-order valence-corrected chi connectivity index (χ3v) is 19.9. The minimum Gasteiger partial charge on any atom is -0.335 e. The van der Waals surface area contributed by atoms with E-state index in [1.165, 1.54) is 118 Å². The van der Waals surface area contributed by atoms with Crippen LogP contribution in [0.2, 0.25) is 0 Å². The summed E-state index contributed by atoms with van der Waals surface area (Å²) >= 11 is 1.93. The number of hydrogen-bond acceptors (Lipinski definition) is 4. The second-order valence-electron chi connectivity index (χ2n) is 27.8. The molecule has 2 unspecified atom stereocenters. The second kappa shape index (κ2) is 17.0. The zero-order chi connectivity index (χ0) is 53.9. The van der Waals surface area contributed by atoms with Crippen molar-refractivity contribution < 1.29 is 0 Å². The van der Waals surface area contributed by atoms with Gasteiger partial charge in [0.2, 0.25) is 0 Å². The molecule has 1 fully saturated rings. The SMILES string of the molecule is CC(C)(C)c1ccc(N(c2ccc(C(C)(C)C)cc2)c2cc3c4c(c2)N2c5c(cc(C(C)(C)C)cc5C5(C)CCCCC25C)B4c2ccc4sc5ccccc5c4c2N3c2ccc(C(C)(C)C)cc2-c2ccccc2)cc1. The zero-order valence-electron chi connectivity index (χ0n) is 48.2. The second-order valence-corrected chi connectivity index (χ2v) is 28.9. The van der Waals surface area contributed by atoms with Gasteiger partial charge < -0.3 is 14.7 Å². The summed E-state index contributed by atoms with van der Waals surface area (Å²) in [6, 6.07) is 62.2. The van der Waals surface area contributed by atoms with E-state index < -0.39 is 0 Å². The molecule has 1 saturated carbocycles. The summed E-state index contributed by atoms with van der Waals surface area (Å²) in [5, 5.41) is 2.66. The summed E-state index contributed by atoms with van der Waals surface area (Å²) < 4.78 is 2.64. The van der Waals surface area contributed by atoms with E-state index in [1.807, 2.05) is 11.3 Å². The van der Waals surface area contributed by atoms with Crippen molar-refractivity contribution in [3.05, 3.63) is 186 Å². The average Bonchev–Trinajstić information content (AvgIpc) is 3.89. The number of benzene rings is 8. The third-order valence-electron chi connectivity index (χ3n) is 18.8. The summed E-state index contributed by atoms with van der Waals surface area (Å²) in [5.41, 5.74) is 23.4. The van der Waals surface area contributed by atoms with Gasteiger partial charge in [0, 0.05) is 59.6 Å². The molecule has 77 heavy (non-hydrogen) atoms. The molecule has 0 N–H and O–H groups in total. The summed E-state index contributed by atoms with van der Waals surface area (Å²) in [5.74, 6) is 0. The molecule has 13 rings (SSSR count). The van der Waals surface area contributed by atoms with Gasteiger partial charge in [0.25, 0.3) is 6.71 Å². The average molecular weight is 1030 g/mol. The Morgan fingerprint density at radius 2 is 1.06 bits per heavy atom. The Kier molecular flexibility index (Phi) is 11.0. The van der Waals surface area contributed by atoms with Crippen LogP contribution in [0.3, 0.4) is 0 Å². The quantitative estimate of drug-likeness (QED) is 0.159. The van der Waals surface area contributed by atoms with Crippen LogP contribution in [0.1, 0.15) is 150 Å². The van der Waals surface area contributed by atoms with Gasteiger partial charge in [-0.25, -0.2) is 0 Å². The topological polar surface area (TPSA) is 9.72 Å². The molecule has 0 amide bonds. The van der Waals surface area contributed by atoms with Crippen molar-refractivity contribution in [2.75, 3.05) is 14.7 Å². The van der Waals surface area contributed by atoms with Crippen molar-refractivity contribution >= 4 is 100 Å². The van der Waals surface area contributed by atoms with Crippen LogP contribution in [0.4, 0.5) is 45.5 Å². The predicted molar refractivity (Wildman–Crippen MR) is 336 cm³/mol. The minimum atomic E-state index is -0.161. The summed E-state index contributed by atoms with van der Waals surface area (Å²) in [6.07, 6.45) is 4.76. The lowest BCUT2D eigenvalue weighted by Crippen LogP contribution is -2.64. The van der Waals surface area contributed by atoms with E-state index in [4.69, 9.17) is 0 Å². The number of rotatable bonds is 5. The molecule has 388 valence electrons. The Hall–Kier alpha value is -6.56. The first kappa shape index (κ1) is 50.0. The molecule has 0 bridgehead atoms. The fraction of sp³-hybridized carbons (Fsp3) is 0.333. The Bertz CT molecular complexity index is 3780. The largest absolute Gasteiger partial charge is 0.335 e. The van der Waals surface area contributed by atoms with Crippen LogP contribution >= 0.6 is 11.3 Å². The number of nitrogens with zero attached hydrogens (tertiary/aromatic N) is 3. The van der Waals surface area contributed by atoms with Crippen molar-refractivity contribution in [2.45, 2.75) is 155 Å².